The molecule has 1 aliphatic rings. The third-order valence-corrected chi connectivity index (χ3v) is 2.92. The van der Waals surface area contributed by atoms with Crippen LogP contribution in [0.15, 0.2) is 12.7 Å². The summed E-state index contributed by atoms with van der Waals surface area (Å²) >= 11 is 0. The number of hydrogen-bond donors (Lipinski definition) is 0. The van der Waals surface area contributed by atoms with Crippen LogP contribution in [0, 0.1) is 11.3 Å². The molecule has 1 heteroatoms. The maximum absolute atomic E-state index is 5.21. The first-order valence-electron chi connectivity index (χ1n) is 4.34. The smallest absolute Gasteiger partial charge is 0.0521 e. The summed E-state index contributed by atoms with van der Waals surface area (Å²) < 4.78 is 5.21. The minimum absolute atomic E-state index is 0.372. The zero-order valence-electron chi connectivity index (χ0n) is 7.60. The van der Waals surface area contributed by atoms with Gasteiger partial charge in [0.25, 0.3) is 0 Å². The molecule has 2 atom stereocenters. The van der Waals surface area contributed by atoms with E-state index in [1.54, 1.807) is 7.11 Å². The maximum atomic E-state index is 5.21. The van der Waals surface area contributed by atoms with E-state index in [0.29, 0.717) is 11.3 Å². The van der Waals surface area contributed by atoms with Crippen LogP contribution in [-0.4, -0.2) is 13.7 Å². The van der Waals surface area contributed by atoms with Crippen molar-refractivity contribution in [2.24, 2.45) is 11.3 Å². The molecule has 0 unspecified atom stereocenters. The first-order valence-corrected chi connectivity index (χ1v) is 4.34. The Morgan fingerprint density at radius 3 is 3.00 bits per heavy atom. The minimum Gasteiger partial charge on any atom is -0.384 e. The van der Waals surface area contributed by atoms with Crippen molar-refractivity contribution in [3.8, 4) is 0 Å². The van der Waals surface area contributed by atoms with Crippen LogP contribution in [0.25, 0.3) is 0 Å². The highest BCUT2D eigenvalue weighted by molar-refractivity contribution is 4.97. The fourth-order valence-corrected chi connectivity index (χ4v) is 2.17. The van der Waals surface area contributed by atoms with Crippen LogP contribution >= 0.6 is 0 Å². The van der Waals surface area contributed by atoms with Crippen molar-refractivity contribution in [1.29, 1.82) is 0 Å². The van der Waals surface area contributed by atoms with Crippen molar-refractivity contribution in [1.82, 2.24) is 0 Å². The Morgan fingerprint density at radius 1 is 1.73 bits per heavy atom. The topological polar surface area (TPSA) is 9.23 Å². The lowest BCUT2D eigenvalue weighted by atomic mass is 9.81. The summed E-state index contributed by atoms with van der Waals surface area (Å²) in [6.07, 6.45) is 6.00. The van der Waals surface area contributed by atoms with Gasteiger partial charge in [0.2, 0.25) is 0 Å². The molecule has 0 spiro atoms. The van der Waals surface area contributed by atoms with Gasteiger partial charge in [0, 0.05) is 7.11 Å². The Balaban J connectivity index is 2.58. The molecular weight excluding hydrogens is 136 g/mol. The van der Waals surface area contributed by atoms with E-state index in [1.807, 2.05) is 0 Å². The third-order valence-electron chi connectivity index (χ3n) is 2.92. The van der Waals surface area contributed by atoms with E-state index < -0.39 is 0 Å². The molecule has 0 amide bonds. The van der Waals surface area contributed by atoms with Gasteiger partial charge in [-0.15, -0.1) is 6.58 Å². The van der Waals surface area contributed by atoms with Crippen LogP contribution in [0.2, 0.25) is 0 Å². The predicted molar refractivity (Wildman–Crippen MR) is 47.5 cm³/mol. The molecule has 0 radical (unpaired) electrons. The minimum atomic E-state index is 0.372. The summed E-state index contributed by atoms with van der Waals surface area (Å²) in [4.78, 5) is 0. The maximum Gasteiger partial charge on any atom is 0.0521 e. The van der Waals surface area contributed by atoms with E-state index in [9.17, 15) is 0 Å². The Hall–Kier alpha value is -0.300. The summed E-state index contributed by atoms with van der Waals surface area (Å²) in [5.74, 6) is 0.669. The molecule has 0 aromatic carbocycles. The van der Waals surface area contributed by atoms with E-state index in [2.05, 4.69) is 19.6 Å². The molecule has 0 heterocycles. The summed E-state index contributed by atoms with van der Waals surface area (Å²) in [5, 5.41) is 0. The van der Waals surface area contributed by atoms with Crippen LogP contribution in [0.4, 0.5) is 0 Å². The number of ether oxygens (including phenoxy) is 1. The first-order chi connectivity index (χ1) is 5.23. The second-order valence-corrected chi connectivity index (χ2v) is 3.82. The molecular formula is C10H18O. The van der Waals surface area contributed by atoms with Crippen LogP contribution < -0.4 is 0 Å². The van der Waals surface area contributed by atoms with E-state index in [1.165, 1.54) is 19.3 Å². The summed E-state index contributed by atoms with van der Waals surface area (Å²) in [5.41, 5.74) is 0.372. The molecule has 0 aromatic heterocycles. The SMILES string of the molecule is C=C[C@@H]1CCC[C@@]1(C)COC. The molecule has 0 bridgehead atoms. The van der Waals surface area contributed by atoms with Crippen molar-refractivity contribution in [2.45, 2.75) is 26.2 Å². The summed E-state index contributed by atoms with van der Waals surface area (Å²) in [7, 11) is 1.78. The molecule has 0 aromatic rings. The molecule has 1 nitrogen and oxygen atoms in total. The zero-order chi connectivity index (χ0) is 8.32. The molecule has 64 valence electrons. The monoisotopic (exact) mass is 154 g/mol. The van der Waals surface area contributed by atoms with Gasteiger partial charge in [-0.05, 0) is 24.2 Å². The van der Waals surface area contributed by atoms with Crippen LogP contribution in [0.1, 0.15) is 26.2 Å². The van der Waals surface area contributed by atoms with Gasteiger partial charge in [0.05, 0.1) is 6.61 Å². The second kappa shape index (κ2) is 3.40. The van der Waals surface area contributed by atoms with Gasteiger partial charge in [0.1, 0.15) is 0 Å². The van der Waals surface area contributed by atoms with Gasteiger partial charge in [-0.2, -0.15) is 0 Å². The van der Waals surface area contributed by atoms with E-state index in [0.717, 1.165) is 6.61 Å². The average Bonchev–Trinajstić information content (AvgIpc) is 2.31. The molecule has 1 saturated carbocycles. The van der Waals surface area contributed by atoms with Gasteiger partial charge in [0.15, 0.2) is 0 Å². The van der Waals surface area contributed by atoms with Gasteiger partial charge >= 0.3 is 0 Å². The highest BCUT2D eigenvalue weighted by Gasteiger charge is 2.36. The highest BCUT2D eigenvalue weighted by Crippen LogP contribution is 2.43. The van der Waals surface area contributed by atoms with Crippen molar-refractivity contribution >= 4 is 0 Å². The van der Waals surface area contributed by atoms with Crippen LogP contribution in [-0.2, 0) is 4.74 Å². The zero-order valence-corrected chi connectivity index (χ0v) is 7.60. The van der Waals surface area contributed by atoms with E-state index >= 15 is 0 Å². The van der Waals surface area contributed by atoms with E-state index in [-0.39, 0.29) is 0 Å². The molecule has 11 heavy (non-hydrogen) atoms. The molecule has 0 saturated heterocycles. The standard InChI is InChI=1S/C10H18O/c1-4-9-6-5-7-10(9,2)8-11-3/h4,9H,1,5-8H2,2-3H3/t9-,10+/m1/s1. The Morgan fingerprint density at radius 2 is 2.45 bits per heavy atom. The number of rotatable bonds is 3. The molecule has 1 rings (SSSR count). The molecule has 0 N–H and O–H groups in total. The predicted octanol–water partition coefficient (Wildman–Crippen LogP) is 2.63. The normalized spacial score (nSPS) is 37.5. The summed E-state index contributed by atoms with van der Waals surface area (Å²) in [6, 6.07) is 0. The van der Waals surface area contributed by atoms with Gasteiger partial charge in [-0.3, -0.25) is 0 Å². The number of allylic oxidation sites excluding steroid dienone is 1. The third kappa shape index (κ3) is 1.64. The van der Waals surface area contributed by atoms with Crippen molar-refractivity contribution in [3.05, 3.63) is 12.7 Å². The first kappa shape index (κ1) is 8.79. The van der Waals surface area contributed by atoms with Gasteiger partial charge in [-0.1, -0.05) is 19.4 Å². The lowest BCUT2D eigenvalue weighted by molar-refractivity contribution is 0.0769. The highest BCUT2D eigenvalue weighted by atomic mass is 16.5. The quantitative estimate of drug-likeness (QED) is 0.568. The van der Waals surface area contributed by atoms with E-state index in [4.69, 9.17) is 4.74 Å². The van der Waals surface area contributed by atoms with Gasteiger partial charge in [-0.25, -0.2) is 0 Å². The van der Waals surface area contributed by atoms with Crippen molar-refractivity contribution in [2.75, 3.05) is 13.7 Å². The van der Waals surface area contributed by atoms with Crippen LogP contribution in [0.3, 0.4) is 0 Å². The fourth-order valence-electron chi connectivity index (χ4n) is 2.17. The Kier molecular flexibility index (Phi) is 2.72. The Labute approximate surface area is 69.4 Å². The fraction of sp³-hybridized carbons (Fsp3) is 0.800. The Bertz CT molecular complexity index is 142. The van der Waals surface area contributed by atoms with Crippen LogP contribution in [0.5, 0.6) is 0 Å². The largest absolute Gasteiger partial charge is 0.384 e. The summed E-state index contributed by atoms with van der Waals surface area (Å²) in [6.45, 7) is 7.04. The lowest BCUT2D eigenvalue weighted by Gasteiger charge is -2.28. The second-order valence-electron chi connectivity index (χ2n) is 3.82. The number of hydrogen-bond acceptors (Lipinski definition) is 1. The molecule has 1 aliphatic carbocycles. The van der Waals surface area contributed by atoms with Gasteiger partial charge < -0.3 is 4.74 Å². The van der Waals surface area contributed by atoms with Crippen molar-refractivity contribution in [3.63, 3.8) is 0 Å². The molecule has 0 aliphatic heterocycles. The lowest BCUT2D eigenvalue weighted by Crippen LogP contribution is -2.25. The number of methoxy groups -OCH3 is 1. The molecule has 1 fully saturated rings. The van der Waals surface area contributed by atoms with Crippen molar-refractivity contribution < 1.29 is 4.74 Å². The average molecular weight is 154 g/mol.